The van der Waals surface area contributed by atoms with Crippen molar-refractivity contribution in [2.24, 2.45) is 5.92 Å². The normalized spacial score (nSPS) is 10.9. The van der Waals surface area contributed by atoms with E-state index in [0.717, 1.165) is 33.4 Å². The van der Waals surface area contributed by atoms with Crippen molar-refractivity contribution in [1.82, 2.24) is 4.90 Å². The average Bonchev–Trinajstić information content (AvgIpc) is 2.78. The highest BCUT2D eigenvalue weighted by Gasteiger charge is 2.18. The maximum absolute atomic E-state index is 13.4. The number of hydrogen-bond donors (Lipinski definition) is 0. The first kappa shape index (κ1) is 20.7. The summed E-state index contributed by atoms with van der Waals surface area (Å²) in [7, 11) is 0. The van der Waals surface area contributed by atoms with Gasteiger partial charge in [0.15, 0.2) is 0 Å². The van der Waals surface area contributed by atoms with Crippen molar-refractivity contribution in [2.45, 2.75) is 20.4 Å². The lowest BCUT2D eigenvalue weighted by molar-refractivity contribution is 0.0722. The molecule has 0 aliphatic rings. The van der Waals surface area contributed by atoms with Crippen LogP contribution in [0.1, 0.15) is 29.8 Å². The summed E-state index contributed by atoms with van der Waals surface area (Å²) in [5, 5.41) is 2.22. The van der Waals surface area contributed by atoms with Crippen LogP contribution in [0.4, 0.5) is 0 Å². The van der Waals surface area contributed by atoms with E-state index in [9.17, 15) is 4.79 Å². The zero-order valence-corrected chi connectivity index (χ0v) is 18.0. The zero-order chi connectivity index (χ0) is 21.6. The van der Waals surface area contributed by atoms with Gasteiger partial charge < -0.3 is 9.64 Å². The van der Waals surface area contributed by atoms with E-state index in [1.54, 1.807) is 0 Å². The molecule has 4 rings (SSSR count). The minimum absolute atomic E-state index is 0.0498. The van der Waals surface area contributed by atoms with Gasteiger partial charge in [0, 0.05) is 18.7 Å². The van der Waals surface area contributed by atoms with Crippen LogP contribution in [0.5, 0.6) is 11.5 Å². The quantitative estimate of drug-likeness (QED) is 0.331. The molecule has 0 saturated heterocycles. The number of carbonyl (C=O) groups excluding carboxylic acids is 1. The summed E-state index contributed by atoms with van der Waals surface area (Å²) in [4.78, 5) is 15.3. The molecule has 0 saturated carbocycles. The van der Waals surface area contributed by atoms with Crippen molar-refractivity contribution in [3.63, 3.8) is 0 Å². The van der Waals surface area contributed by atoms with E-state index in [2.05, 4.69) is 19.9 Å². The minimum atomic E-state index is 0.0498. The van der Waals surface area contributed by atoms with Gasteiger partial charge in [0.25, 0.3) is 5.91 Å². The molecule has 0 aliphatic heterocycles. The fourth-order valence-corrected chi connectivity index (χ4v) is 3.72. The molecule has 1 amide bonds. The Labute approximate surface area is 183 Å². The van der Waals surface area contributed by atoms with E-state index >= 15 is 0 Å². The summed E-state index contributed by atoms with van der Waals surface area (Å²) in [6, 6.07) is 31.7. The molecule has 0 atom stereocenters. The summed E-state index contributed by atoms with van der Waals surface area (Å²) in [5.41, 5.74) is 1.76. The smallest absolute Gasteiger partial charge is 0.254 e. The lowest BCUT2D eigenvalue weighted by Crippen LogP contribution is -2.33. The third-order valence-electron chi connectivity index (χ3n) is 5.12. The maximum atomic E-state index is 13.4. The first-order valence-corrected chi connectivity index (χ1v) is 10.7. The Kier molecular flexibility index (Phi) is 6.32. The Morgan fingerprint density at radius 3 is 2.26 bits per heavy atom. The van der Waals surface area contributed by atoms with Gasteiger partial charge in [0.05, 0.1) is 0 Å². The number of hydrogen-bond acceptors (Lipinski definition) is 2. The van der Waals surface area contributed by atoms with Gasteiger partial charge in [-0.3, -0.25) is 4.79 Å². The van der Waals surface area contributed by atoms with Crippen molar-refractivity contribution in [3.8, 4) is 11.5 Å². The molecule has 31 heavy (non-hydrogen) atoms. The molecule has 0 aromatic heterocycles. The second-order valence-corrected chi connectivity index (χ2v) is 8.20. The van der Waals surface area contributed by atoms with E-state index < -0.39 is 0 Å². The van der Waals surface area contributed by atoms with Gasteiger partial charge in [-0.2, -0.15) is 0 Å². The molecule has 0 bridgehead atoms. The van der Waals surface area contributed by atoms with Crippen LogP contribution in [0.2, 0.25) is 0 Å². The number of fused-ring (bicyclic) bond motifs is 1. The number of para-hydroxylation sites is 1. The lowest BCUT2D eigenvalue weighted by Gasteiger charge is -2.25. The van der Waals surface area contributed by atoms with Gasteiger partial charge in [-0.05, 0) is 58.7 Å². The maximum Gasteiger partial charge on any atom is 0.254 e. The highest BCUT2D eigenvalue weighted by molar-refractivity contribution is 5.98. The van der Waals surface area contributed by atoms with Gasteiger partial charge in [-0.15, -0.1) is 0 Å². The van der Waals surface area contributed by atoms with E-state index in [0.29, 0.717) is 19.0 Å². The Morgan fingerprint density at radius 1 is 0.774 bits per heavy atom. The lowest BCUT2D eigenvalue weighted by atomic mass is 10.1. The van der Waals surface area contributed by atoms with Gasteiger partial charge >= 0.3 is 0 Å². The molecule has 3 heteroatoms. The number of amides is 1. The van der Waals surface area contributed by atoms with Gasteiger partial charge in [0.2, 0.25) is 0 Å². The predicted molar refractivity (Wildman–Crippen MR) is 126 cm³/mol. The van der Waals surface area contributed by atoms with Gasteiger partial charge in [-0.1, -0.05) is 74.5 Å². The van der Waals surface area contributed by atoms with Crippen molar-refractivity contribution >= 4 is 16.7 Å². The molecule has 0 spiro atoms. The van der Waals surface area contributed by atoms with Crippen LogP contribution in [0, 0.1) is 5.92 Å². The topological polar surface area (TPSA) is 29.5 Å². The first-order valence-electron chi connectivity index (χ1n) is 10.7. The molecule has 156 valence electrons. The third kappa shape index (κ3) is 5.32. The monoisotopic (exact) mass is 409 g/mol. The number of nitrogens with zero attached hydrogens (tertiary/aromatic N) is 1. The molecule has 0 N–H and O–H groups in total. The predicted octanol–water partition coefficient (Wildman–Crippen LogP) is 6.93. The molecular weight excluding hydrogens is 382 g/mol. The third-order valence-corrected chi connectivity index (χ3v) is 5.12. The van der Waals surface area contributed by atoms with Crippen LogP contribution < -0.4 is 4.74 Å². The van der Waals surface area contributed by atoms with Crippen molar-refractivity contribution < 1.29 is 9.53 Å². The number of carbonyl (C=O) groups is 1. The highest BCUT2D eigenvalue weighted by Crippen LogP contribution is 2.24. The Bertz CT molecular complexity index is 1170. The van der Waals surface area contributed by atoms with E-state index in [4.69, 9.17) is 4.74 Å². The first-order chi connectivity index (χ1) is 15.1. The van der Waals surface area contributed by atoms with Crippen LogP contribution in [-0.2, 0) is 6.54 Å². The molecule has 4 aromatic carbocycles. The fraction of sp³-hybridized carbons (Fsp3) is 0.179. The standard InChI is InChI=1S/C28H27NO2/c1-21(2)19-29(28(30)25-16-15-23-10-6-7-11-24(23)18-25)20-22-9-8-14-27(17-22)31-26-12-4-3-5-13-26/h3-18,21H,19-20H2,1-2H3. The summed E-state index contributed by atoms with van der Waals surface area (Å²) in [5.74, 6) is 1.99. The summed E-state index contributed by atoms with van der Waals surface area (Å²) in [6.45, 7) is 5.50. The summed E-state index contributed by atoms with van der Waals surface area (Å²) >= 11 is 0. The summed E-state index contributed by atoms with van der Waals surface area (Å²) < 4.78 is 5.97. The van der Waals surface area contributed by atoms with Crippen molar-refractivity contribution in [3.05, 3.63) is 108 Å². The van der Waals surface area contributed by atoms with Crippen LogP contribution >= 0.6 is 0 Å². The molecule has 0 radical (unpaired) electrons. The molecular formula is C28H27NO2. The van der Waals surface area contributed by atoms with Gasteiger partial charge in [-0.25, -0.2) is 0 Å². The van der Waals surface area contributed by atoms with Crippen molar-refractivity contribution in [2.75, 3.05) is 6.54 Å². The second-order valence-electron chi connectivity index (χ2n) is 8.20. The molecule has 0 fully saturated rings. The highest BCUT2D eigenvalue weighted by atomic mass is 16.5. The number of rotatable bonds is 7. The van der Waals surface area contributed by atoms with Gasteiger partial charge in [0.1, 0.15) is 11.5 Å². The van der Waals surface area contributed by atoms with Crippen LogP contribution in [0.3, 0.4) is 0 Å². The van der Waals surface area contributed by atoms with E-state index in [-0.39, 0.29) is 5.91 Å². The molecule has 0 unspecified atom stereocenters. The Morgan fingerprint density at radius 2 is 1.48 bits per heavy atom. The molecule has 0 heterocycles. The zero-order valence-electron chi connectivity index (χ0n) is 18.0. The van der Waals surface area contributed by atoms with Crippen molar-refractivity contribution in [1.29, 1.82) is 0 Å². The fourth-order valence-electron chi connectivity index (χ4n) is 3.72. The van der Waals surface area contributed by atoms with Crippen LogP contribution in [0.15, 0.2) is 97.1 Å². The Balaban J connectivity index is 1.56. The van der Waals surface area contributed by atoms with Crippen LogP contribution in [0.25, 0.3) is 10.8 Å². The minimum Gasteiger partial charge on any atom is -0.457 e. The van der Waals surface area contributed by atoms with E-state index in [1.807, 2.05) is 95.9 Å². The van der Waals surface area contributed by atoms with Crippen LogP contribution in [-0.4, -0.2) is 17.4 Å². The van der Waals surface area contributed by atoms with E-state index in [1.165, 1.54) is 0 Å². The number of benzene rings is 4. The largest absolute Gasteiger partial charge is 0.457 e. The molecule has 0 aliphatic carbocycles. The molecule has 4 aromatic rings. The second kappa shape index (κ2) is 9.48. The molecule has 3 nitrogen and oxygen atoms in total. The summed E-state index contributed by atoms with van der Waals surface area (Å²) in [6.07, 6.45) is 0. The Hall–Kier alpha value is -3.59. The SMILES string of the molecule is CC(C)CN(Cc1cccc(Oc2ccccc2)c1)C(=O)c1ccc2ccccc2c1. The number of ether oxygens (including phenoxy) is 1. The average molecular weight is 410 g/mol.